The molecule has 1 aromatic carbocycles. The van der Waals surface area contributed by atoms with E-state index in [-0.39, 0.29) is 17.5 Å². The first kappa shape index (κ1) is 26.3. The number of benzene rings is 1. The Hall–Kier alpha value is -4.35. The number of anilines is 1. The molecule has 8 heteroatoms. The van der Waals surface area contributed by atoms with Crippen molar-refractivity contribution in [1.29, 1.82) is 0 Å². The number of terminal acetylenes is 1. The molecule has 0 aliphatic carbocycles. The number of fused-ring (bicyclic) bond motifs is 1. The second kappa shape index (κ2) is 10.8. The number of nitrogens with zero attached hydrogens (tertiary/aromatic N) is 5. The Bertz CT molecular complexity index is 1600. The van der Waals surface area contributed by atoms with Crippen LogP contribution < -0.4 is 10.9 Å². The molecule has 0 bridgehead atoms. The maximum Gasteiger partial charge on any atom is 0.257 e. The minimum Gasteiger partial charge on any atom is -0.388 e. The first-order valence-corrected chi connectivity index (χ1v) is 13.2. The van der Waals surface area contributed by atoms with Crippen molar-refractivity contribution < 1.29 is 4.79 Å². The minimum absolute atomic E-state index is 0.0145. The first-order chi connectivity index (χ1) is 18.8. The molecule has 200 valence electrons. The van der Waals surface area contributed by atoms with Gasteiger partial charge in [-0.3, -0.25) is 19.1 Å². The fourth-order valence-electron chi connectivity index (χ4n) is 5.56. The number of piperidine rings is 1. The van der Waals surface area contributed by atoms with Crippen LogP contribution in [-0.4, -0.2) is 64.1 Å². The van der Waals surface area contributed by atoms with Gasteiger partial charge in [-0.25, -0.2) is 4.98 Å². The summed E-state index contributed by atoms with van der Waals surface area (Å²) in [5.74, 6) is 3.46. The summed E-state index contributed by atoms with van der Waals surface area (Å²) in [4.78, 5) is 33.6. The third kappa shape index (κ3) is 4.93. The molecule has 0 radical (unpaired) electrons. The quantitative estimate of drug-likeness (QED) is 0.387. The van der Waals surface area contributed by atoms with Crippen LogP contribution in [0.1, 0.15) is 46.4 Å². The molecule has 1 aliphatic rings. The van der Waals surface area contributed by atoms with Crippen LogP contribution in [-0.2, 0) is 7.05 Å². The first-order valence-electron chi connectivity index (χ1n) is 13.2. The lowest BCUT2D eigenvalue weighted by Crippen LogP contribution is -2.36. The van der Waals surface area contributed by atoms with Crippen molar-refractivity contribution >= 4 is 22.6 Å². The number of likely N-dealkylation sites (tertiary alicyclic amines) is 1. The van der Waals surface area contributed by atoms with Crippen molar-refractivity contribution in [3.8, 4) is 18.0 Å². The fraction of sp³-hybridized carbons (Fsp3) is 0.323. The maximum atomic E-state index is 12.8. The normalized spacial score (nSPS) is 15.2. The molecule has 5 rings (SSSR count). The van der Waals surface area contributed by atoms with E-state index >= 15 is 0 Å². The summed E-state index contributed by atoms with van der Waals surface area (Å²) >= 11 is 0. The highest BCUT2D eigenvalue weighted by atomic mass is 16.2. The van der Waals surface area contributed by atoms with Gasteiger partial charge in [0.05, 0.1) is 5.69 Å². The lowest BCUT2D eigenvalue weighted by molar-refractivity contribution is 0.0827. The molecule has 3 aromatic heterocycles. The SMILES string of the molecule is C#CC(c1cc2c(-n3ccc(NC)cc3=O)ccnc2n1C)N1CCC(c2ccc(C(=O)N(C)C)cc2)CC1. The Labute approximate surface area is 228 Å². The number of hydrogen-bond acceptors (Lipinski definition) is 5. The van der Waals surface area contributed by atoms with Crippen LogP contribution >= 0.6 is 0 Å². The van der Waals surface area contributed by atoms with Gasteiger partial charge in [-0.15, -0.1) is 6.42 Å². The Balaban J connectivity index is 1.38. The second-order valence-electron chi connectivity index (χ2n) is 10.3. The molecule has 0 saturated carbocycles. The number of carbonyl (C=O) groups excluding carboxylic acids is 1. The Morgan fingerprint density at radius 2 is 1.85 bits per heavy atom. The van der Waals surface area contributed by atoms with E-state index in [0.717, 1.165) is 54.0 Å². The zero-order valence-electron chi connectivity index (χ0n) is 22.9. The number of aromatic nitrogens is 3. The molecule has 4 aromatic rings. The van der Waals surface area contributed by atoms with Crippen molar-refractivity contribution in [3.05, 3.63) is 88.1 Å². The number of pyridine rings is 2. The Kier molecular flexibility index (Phi) is 7.27. The molecule has 1 fully saturated rings. The number of aryl methyl sites for hydroxylation is 1. The van der Waals surface area contributed by atoms with Gasteiger partial charge in [0.1, 0.15) is 11.7 Å². The van der Waals surface area contributed by atoms with Gasteiger partial charge >= 0.3 is 0 Å². The van der Waals surface area contributed by atoms with Crippen molar-refractivity contribution in [2.75, 3.05) is 39.5 Å². The molecule has 1 amide bonds. The molecule has 1 aliphatic heterocycles. The zero-order chi connectivity index (χ0) is 27.7. The van der Waals surface area contributed by atoms with Crippen LogP contribution in [0, 0.1) is 12.3 Å². The average molecular weight is 523 g/mol. The maximum absolute atomic E-state index is 12.8. The standard InChI is InChI=1S/C31H34N6O2/c1-6-26(36-16-12-22(13-17-36)21-7-9-23(10-8-21)31(39)34(3)4)28-20-25-27(11-15-33-30(25)35(28)5)37-18-14-24(32-2)19-29(37)38/h1,7-11,14-15,18-20,22,26,32H,12-13,16-17H2,2-5H3. The van der Waals surface area contributed by atoms with Gasteiger partial charge < -0.3 is 14.8 Å². The summed E-state index contributed by atoms with van der Waals surface area (Å²) in [5.41, 5.74) is 5.17. The van der Waals surface area contributed by atoms with Gasteiger partial charge in [0.15, 0.2) is 0 Å². The second-order valence-corrected chi connectivity index (χ2v) is 10.3. The van der Waals surface area contributed by atoms with E-state index in [0.29, 0.717) is 11.5 Å². The van der Waals surface area contributed by atoms with E-state index in [1.807, 2.05) is 35.9 Å². The van der Waals surface area contributed by atoms with E-state index in [1.54, 1.807) is 49.1 Å². The van der Waals surface area contributed by atoms with Crippen molar-refractivity contribution in [3.63, 3.8) is 0 Å². The van der Waals surface area contributed by atoms with Crippen LogP contribution in [0.5, 0.6) is 0 Å². The summed E-state index contributed by atoms with van der Waals surface area (Å²) in [6, 6.07) is 15.2. The van der Waals surface area contributed by atoms with Crippen LogP contribution in [0.3, 0.4) is 0 Å². The molecular weight excluding hydrogens is 488 g/mol. The third-order valence-corrected chi connectivity index (χ3v) is 7.78. The summed E-state index contributed by atoms with van der Waals surface area (Å²) < 4.78 is 3.69. The molecule has 8 nitrogen and oxygen atoms in total. The fourth-order valence-corrected chi connectivity index (χ4v) is 5.56. The van der Waals surface area contributed by atoms with Crippen LogP contribution in [0.4, 0.5) is 5.69 Å². The average Bonchev–Trinajstić information content (AvgIpc) is 3.29. The van der Waals surface area contributed by atoms with Crippen molar-refractivity contribution in [1.82, 2.24) is 23.9 Å². The minimum atomic E-state index is -0.207. The number of rotatable bonds is 6. The highest BCUT2D eigenvalue weighted by Gasteiger charge is 2.28. The van der Waals surface area contributed by atoms with Crippen LogP contribution in [0.15, 0.2) is 65.7 Å². The largest absolute Gasteiger partial charge is 0.388 e. The molecule has 1 N–H and O–H groups in total. The third-order valence-electron chi connectivity index (χ3n) is 7.78. The van der Waals surface area contributed by atoms with Gasteiger partial charge in [-0.05, 0) is 54.7 Å². The molecule has 1 atom stereocenters. The molecule has 0 spiro atoms. The smallest absolute Gasteiger partial charge is 0.257 e. The summed E-state index contributed by atoms with van der Waals surface area (Å²) in [5, 5.41) is 3.89. The summed E-state index contributed by atoms with van der Waals surface area (Å²) in [7, 11) is 7.30. The number of hydrogen-bond donors (Lipinski definition) is 1. The molecular formula is C31H34N6O2. The predicted molar refractivity (Wildman–Crippen MR) is 155 cm³/mol. The van der Waals surface area contributed by atoms with Gasteiger partial charge in [0.25, 0.3) is 11.5 Å². The van der Waals surface area contributed by atoms with Crippen LogP contribution in [0.25, 0.3) is 16.7 Å². The van der Waals surface area contributed by atoms with Gasteiger partial charge in [0.2, 0.25) is 0 Å². The summed E-state index contributed by atoms with van der Waals surface area (Å²) in [6.07, 6.45) is 11.6. The zero-order valence-corrected chi connectivity index (χ0v) is 22.9. The van der Waals surface area contributed by atoms with Crippen molar-refractivity contribution in [2.24, 2.45) is 7.05 Å². The topological polar surface area (TPSA) is 75.4 Å². The van der Waals surface area contributed by atoms with E-state index in [4.69, 9.17) is 6.42 Å². The number of carbonyl (C=O) groups is 1. The summed E-state index contributed by atoms with van der Waals surface area (Å²) in [6.45, 7) is 1.73. The number of amides is 1. The van der Waals surface area contributed by atoms with Gasteiger partial charge in [-0.1, -0.05) is 18.1 Å². The van der Waals surface area contributed by atoms with Gasteiger partial charge in [0, 0.05) is 82.1 Å². The predicted octanol–water partition coefficient (Wildman–Crippen LogP) is 4.02. The van der Waals surface area contributed by atoms with Crippen molar-refractivity contribution in [2.45, 2.75) is 24.8 Å². The molecule has 4 heterocycles. The van der Waals surface area contributed by atoms with E-state index in [2.05, 4.69) is 39.3 Å². The van der Waals surface area contributed by atoms with Gasteiger partial charge in [-0.2, -0.15) is 0 Å². The lowest BCUT2D eigenvalue weighted by Gasteiger charge is -2.35. The molecule has 1 unspecified atom stereocenters. The van der Waals surface area contributed by atoms with E-state index < -0.39 is 0 Å². The van der Waals surface area contributed by atoms with E-state index in [9.17, 15) is 9.59 Å². The number of nitrogens with one attached hydrogen (secondary N) is 1. The lowest BCUT2D eigenvalue weighted by atomic mass is 9.88. The Morgan fingerprint density at radius 3 is 2.46 bits per heavy atom. The van der Waals surface area contributed by atoms with Crippen LogP contribution in [0.2, 0.25) is 0 Å². The molecule has 1 saturated heterocycles. The molecule has 39 heavy (non-hydrogen) atoms. The van der Waals surface area contributed by atoms with E-state index in [1.165, 1.54) is 5.56 Å². The highest BCUT2D eigenvalue weighted by molar-refractivity contribution is 5.93. The monoisotopic (exact) mass is 522 g/mol. The Morgan fingerprint density at radius 1 is 1.13 bits per heavy atom. The highest BCUT2D eigenvalue weighted by Crippen LogP contribution is 2.34.